The van der Waals surface area contributed by atoms with E-state index in [1.54, 1.807) is 4.90 Å². The fourth-order valence-electron chi connectivity index (χ4n) is 4.43. The Labute approximate surface area is 193 Å². The summed E-state index contributed by atoms with van der Waals surface area (Å²) in [6, 6.07) is 24.9. The van der Waals surface area contributed by atoms with E-state index in [4.69, 9.17) is 4.74 Å². The number of nitrogens with zero attached hydrogens (tertiary/aromatic N) is 2. The zero-order valence-corrected chi connectivity index (χ0v) is 18.4. The van der Waals surface area contributed by atoms with Gasteiger partial charge in [-0.15, -0.1) is 0 Å². The van der Waals surface area contributed by atoms with Crippen LogP contribution >= 0.6 is 0 Å². The summed E-state index contributed by atoms with van der Waals surface area (Å²) in [7, 11) is 0. The van der Waals surface area contributed by atoms with Crippen LogP contribution in [0.3, 0.4) is 0 Å². The number of amides is 2. The molecule has 6 heteroatoms. The quantitative estimate of drug-likeness (QED) is 0.580. The van der Waals surface area contributed by atoms with E-state index in [1.165, 1.54) is 18.5 Å². The molecule has 2 aliphatic rings. The Morgan fingerprint density at radius 1 is 0.818 bits per heavy atom. The molecule has 0 aromatic heterocycles. The summed E-state index contributed by atoms with van der Waals surface area (Å²) < 4.78 is 5.79. The Morgan fingerprint density at radius 2 is 1.45 bits per heavy atom. The average Bonchev–Trinajstić information content (AvgIpc) is 3.51. The largest absolute Gasteiger partial charge is 0.457 e. The summed E-state index contributed by atoms with van der Waals surface area (Å²) in [4.78, 5) is 29.5. The molecule has 3 aromatic carbocycles. The van der Waals surface area contributed by atoms with Crippen molar-refractivity contribution in [2.24, 2.45) is 5.92 Å². The fourth-order valence-corrected chi connectivity index (χ4v) is 4.43. The Morgan fingerprint density at radius 3 is 2.15 bits per heavy atom. The van der Waals surface area contributed by atoms with Crippen molar-refractivity contribution in [1.29, 1.82) is 0 Å². The lowest BCUT2D eigenvalue weighted by molar-refractivity contribution is -0.122. The third kappa shape index (κ3) is 4.85. The van der Waals surface area contributed by atoms with Gasteiger partial charge in [-0.1, -0.05) is 18.2 Å². The maximum Gasteiger partial charge on any atom is 0.229 e. The highest BCUT2D eigenvalue weighted by molar-refractivity contribution is 6.03. The van der Waals surface area contributed by atoms with Gasteiger partial charge in [0.05, 0.1) is 5.92 Å². The minimum atomic E-state index is -0.379. The molecule has 0 spiro atoms. The molecule has 2 saturated heterocycles. The SMILES string of the molecule is O=C(Nc1ccc(Oc2ccccc2)cc1)C1CC(=O)N(c2ccc(N3CCCC3)cc2)C1. The summed E-state index contributed by atoms with van der Waals surface area (Å²) in [6.07, 6.45) is 2.67. The molecule has 33 heavy (non-hydrogen) atoms. The van der Waals surface area contributed by atoms with E-state index in [2.05, 4.69) is 22.3 Å². The predicted molar refractivity (Wildman–Crippen MR) is 130 cm³/mol. The van der Waals surface area contributed by atoms with Gasteiger partial charge in [0.25, 0.3) is 0 Å². The Kier molecular flexibility index (Phi) is 5.98. The number of rotatable bonds is 6. The lowest BCUT2D eigenvalue weighted by Crippen LogP contribution is -2.28. The molecule has 1 N–H and O–H groups in total. The van der Waals surface area contributed by atoms with Crippen molar-refractivity contribution in [3.8, 4) is 11.5 Å². The number of nitrogens with one attached hydrogen (secondary N) is 1. The number of carbonyl (C=O) groups is 2. The van der Waals surface area contributed by atoms with Gasteiger partial charge in [-0.25, -0.2) is 0 Å². The van der Waals surface area contributed by atoms with Gasteiger partial charge in [0.1, 0.15) is 11.5 Å². The van der Waals surface area contributed by atoms with E-state index < -0.39 is 0 Å². The van der Waals surface area contributed by atoms with Crippen LogP contribution in [0.1, 0.15) is 19.3 Å². The molecule has 3 aromatic rings. The van der Waals surface area contributed by atoms with Crippen LogP contribution in [0.15, 0.2) is 78.9 Å². The molecular weight excluding hydrogens is 414 g/mol. The predicted octanol–water partition coefficient (Wildman–Crippen LogP) is 5.07. The monoisotopic (exact) mass is 441 g/mol. The first kappa shape index (κ1) is 21.1. The normalized spacial score (nSPS) is 17.9. The highest BCUT2D eigenvalue weighted by Crippen LogP contribution is 2.29. The first-order chi connectivity index (χ1) is 16.2. The maximum absolute atomic E-state index is 12.8. The third-order valence-electron chi connectivity index (χ3n) is 6.23. The number of hydrogen-bond acceptors (Lipinski definition) is 4. The first-order valence-electron chi connectivity index (χ1n) is 11.4. The molecule has 168 valence electrons. The van der Waals surface area contributed by atoms with Crippen molar-refractivity contribution < 1.29 is 14.3 Å². The van der Waals surface area contributed by atoms with E-state index >= 15 is 0 Å². The molecule has 1 unspecified atom stereocenters. The molecule has 5 rings (SSSR count). The molecular formula is C27H27N3O3. The molecule has 2 aliphatic heterocycles. The Hall–Kier alpha value is -3.80. The standard InChI is InChI=1S/C27H27N3O3/c31-26-18-20(19-30(26)23-12-10-22(11-13-23)29-16-4-5-17-29)27(32)28-21-8-14-25(15-9-21)33-24-6-2-1-3-7-24/h1-3,6-15,20H,4-5,16-19H2,(H,28,32). The van der Waals surface area contributed by atoms with Gasteiger partial charge in [0.15, 0.2) is 0 Å². The van der Waals surface area contributed by atoms with Crippen LogP contribution < -0.4 is 19.9 Å². The van der Waals surface area contributed by atoms with E-state index in [0.29, 0.717) is 18.0 Å². The topological polar surface area (TPSA) is 61.9 Å². The molecule has 2 heterocycles. The number of hydrogen-bond donors (Lipinski definition) is 1. The van der Waals surface area contributed by atoms with Gasteiger partial charge in [0, 0.05) is 43.1 Å². The van der Waals surface area contributed by atoms with Crippen LogP contribution in [0, 0.1) is 5.92 Å². The summed E-state index contributed by atoms with van der Waals surface area (Å²) in [5.74, 6) is 0.911. The van der Waals surface area contributed by atoms with Crippen molar-refractivity contribution in [3.63, 3.8) is 0 Å². The Balaban J connectivity index is 1.18. The van der Waals surface area contributed by atoms with E-state index in [-0.39, 0.29) is 24.2 Å². The van der Waals surface area contributed by atoms with Crippen molar-refractivity contribution in [1.82, 2.24) is 0 Å². The molecule has 2 fully saturated rings. The van der Waals surface area contributed by atoms with Gasteiger partial charge in [-0.05, 0) is 73.5 Å². The van der Waals surface area contributed by atoms with Crippen molar-refractivity contribution in [3.05, 3.63) is 78.9 Å². The second-order valence-corrected chi connectivity index (χ2v) is 8.54. The number of benzene rings is 3. The van der Waals surface area contributed by atoms with Crippen LogP contribution in [0.2, 0.25) is 0 Å². The number of para-hydroxylation sites is 1. The van der Waals surface area contributed by atoms with Crippen LogP contribution in [-0.2, 0) is 9.59 Å². The first-order valence-corrected chi connectivity index (χ1v) is 11.4. The molecule has 2 amide bonds. The molecule has 0 aliphatic carbocycles. The molecule has 1 atom stereocenters. The van der Waals surface area contributed by atoms with Crippen molar-refractivity contribution in [2.45, 2.75) is 19.3 Å². The minimum Gasteiger partial charge on any atom is -0.457 e. The van der Waals surface area contributed by atoms with Crippen LogP contribution in [-0.4, -0.2) is 31.4 Å². The van der Waals surface area contributed by atoms with Crippen LogP contribution in [0.4, 0.5) is 17.1 Å². The van der Waals surface area contributed by atoms with E-state index in [0.717, 1.165) is 24.5 Å². The fraction of sp³-hybridized carbons (Fsp3) is 0.259. The summed E-state index contributed by atoms with van der Waals surface area (Å²) in [6.45, 7) is 2.57. The zero-order chi connectivity index (χ0) is 22.6. The molecule has 6 nitrogen and oxygen atoms in total. The Bertz CT molecular complexity index is 1110. The third-order valence-corrected chi connectivity index (χ3v) is 6.23. The number of ether oxygens (including phenoxy) is 1. The van der Waals surface area contributed by atoms with Gasteiger partial charge in [-0.3, -0.25) is 9.59 Å². The smallest absolute Gasteiger partial charge is 0.229 e. The van der Waals surface area contributed by atoms with Crippen molar-refractivity contribution >= 4 is 28.9 Å². The second-order valence-electron chi connectivity index (χ2n) is 8.54. The van der Waals surface area contributed by atoms with Gasteiger partial charge in [-0.2, -0.15) is 0 Å². The second kappa shape index (κ2) is 9.36. The summed E-state index contributed by atoms with van der Waals surface area (Å²) in [5, 5.41) is 2.93. The lowest BCUT2D eigenvalue weighted by Gasteiger charge is -2.20. The van der Waals surface area contributed by atoms with E-state index in [9.17, 15) is 9.59 Å². The van der Waals surface area contributed by atoms with Crippen LogP contribution in [0.25, 0.3) is 0 Å². The zero-order valence-electron chi connectivity index (χ0n) is 18.4. The highest BCUT2D eigenvalue weighted by Gasteiger charge is 2.35. The lowest BCUT2D eigenvalue weighted by atomic mass is 10.1. The van der Waals surface area contributed by atoms with Gasteiger partial charge in [0.2, 0.25) is 11.8 Å². The highest BCUT2D eigenvalue weighted by atomic mass is 16.5. The average molecular weight is 442 g/mol. The van der Waals surface area contributed by atoms with Gasteiger partial charge < -0.3 is 19.9 Å². The van der Waals surface area contributed by atoms with E-state index in [1.807, 2.05) is 66.7 Å². The van der Waals surface area contributed by atoms with Crippen LogP contribution in [0.5, 0.6) is 11.5 Å². The number of carbonyl (C=O) groups excluding carboxylic acids is 2. The summed E-state index contributed by atoms with van der Waals surface area (Å²) in [5.41, 5.74) is 2.72. The summed E-state index contributed by atoms with van der Waals surface area (Å²) >= 11 is 0. The van der Waals surface area contributed by atoms with Crippen molar-refractivity contribution in [2.75, 3.05) is 34.8 Å². The molecule has 0 bridgehead atoms. The molecule has 0 radical (unpaired) electrons. The molecule has 0 saturated carbocycles. The minimum absolute atomic E-state index is 0.0179. The van der Waals surface area contributed by atoms with Gasteiger partial charge >= 0.3 is 0 Å². The maximum atomic E-state index is 12.8. The number of anilines is 3.